The molecular formula is C23H28ClN7. The number of anilines is 4. The minimum Gasteiger partial charge on any atom is -0.324 e. The van der Waals surface area contributed by atoms with Crippen LogP contribution in [0.25, 0.3) is 0 Å². The van der Waals surface area contributed by atoms with Gasteiger partial charge in [0, 0.05) is 30.2 Å². The summed E-state index contributed by atoms with van der Waals surface area (Å²) in [5.41, 5.74) is 7.19. The molecule has 0 saturated heterocycles. The number of nitrogens with one attached hydrogen (secondary N) is 3. The SMILES string of the molecule is CN=C1CCC(c2cc(C)c(Nc3ncc(Cl)c(Nc4cc(C)[nH]n4)n3)cc2C)CC1. The van der Waals surface area contributed by atoms with Gasteiger partial charge >= 0.3 is 0 Å². The largest absolute Gasteiger partial charge is 0.324 e. The van der Waals surface area contributed by atoms with Crippen molar-refractivity contribution in [3.63, 3.8) is 0 Å². The zero-order chi connectivity index (χ0) is 22.0. The highest BCUT2D eigenvalue weighted by atomic mass is 35.5. The maximum absolute atomic E-state index is 6.28. The first kappa shape index (κ1) is 21.3. The smallest absolute Gasteiger partial charge is 0.229 e. The Labute approximate surface area is 187 Å². The third kappa shape index (κ3) is 4.88. The number of benzene rings is 1. The molecule has 3 N–H and O–H groups in total. The molecule has 0 aliphatic heterocycles. The second kappa shape index (κ2) is 9.06. The van der Waals surface area contributed by atoms with Crippen LogP contribution in [-0.2, 0) is 0 Å². The zero-order valence-corrected chi connectivity index (χ0v) is 19.1. The van der Waals surface area contributed by atoms with Crippen LogP contribution in [-0.4, -0.2) is 32.9 Å². The molecule has 0 spiro atoms. The van der Waals surface area contributed by atoms with Crippen LogP contribution >= 0.6 is 11.6 Å². The summed E-state index contributed by atoms with van der Waals surface area (Å²) in [6, 6.07) is 6.38. The molecule has 0 atom stereocenters. The van der Waals surface area contributed by atoms with E-state index in [2.05, 4.69) is 61.8 Å². The highest BCUT2D eigenvalue weighted by Crippen LogP contribution is 2.36. The molecule has 2 heterocycles. The molecule has 3 aromatic rings. The molecule has 2 aromatic heterocycles. The fourth-order valence-electron chi connectivity index (χ4n) is 4.14. The number of aryl methyl sites for hydroxylation is 3. The maximum atomic E-state index is 6.28. The van der Waals surface area contributed by atoms with Crippen molar-refractivity contribution in [2.75, 3.05) is 17.7 Å². The van der Waals surface area contributed by atoms with E-state index in [-0.39, 0.29) is 0 Å². The molecule has 1 fully saturated rings. The Morgan fingerprint density at radius 1 is 1.06 bits per heavy atom. The van der Waals surface area contributed by atoms with Gasteiger partial charge in [-0.2, -0.15) is 10.1 Å². The third-order valence-corrected chi connectivity index (χ3v) is 6.15. The highest BCUT2D eigenvalue weighted by molar-refractivity contribution is 6.32. The van der Waals surface area contributed by atoms with Gasteiger partial charge in [0.2, 0.25) is 5.95 Å². The van der Waals surface area contributed by atoms with E-state index in [1.54, 1.807) is 6.20 Å². The van der Waals surface area contributed by atoms with Gasteiger partial charge in [-0.15, -0.1) is 0 Å². The molecule has 0 amide bonds. The predicted molar refractivity (Wildman–Crippen MR) is 127 cm³/mol. The van der Waals surface area contributed by atoms with E-state index >= 15 is 0 Å². The van der Waals surface area contributed by atoms with E-state index in [9.17, 15) is 0 Å². The van der Waals surface area contributed by atoms with Crippen LogP contribution in [0.5, 0.6) is 0 Å². The van der Waals surface area contributed by atoms with Gasteiger partial charge in [0.15, 0.2) is 11.6 Å². The monoisotopic (exact) mass is 437 g/mol. The van der Waals surface area contributed by atoms with Crippen LogP contribution in [0.3, 0.4) is 0 Å². The van der Waals surface area contributed by atoms with Crippen molar-refractivity contribution in [1.82, 2.24) is 20.2 Å². The minimum absolute atomic E-state index is 0.432. The Balaban J connectivity index is 1.53. The molecule has 8 heteroatoms. The summed E-state index contributed by atoms with van der Waals surface area (Å²) in [7, 11) is 1.90. The van der Waals surface area contributed by atoms with Gasteiger partial charge in [-0.05, 0) is 75.1 Å². The molecule has 1 aromatic carbocycles. The Hall–Kier alpha value is -2.93. The standard InChI is InChI=1S/C23H28ClN7/c1-13-10-20(14(2)9-18(13)16-5-7-17(25-4)8-6-16)27-23-26-12-19(24)22(29-23)28-21-11-15(3)30-31-21/h9-12,16H,5-8H2,1-4H3,(H3,26,27,28,29,30,31). The fourth-order valence-corrected chi connectivity index (χ4v) is 4.28. The quantitative estimate of drug-likeness (QED) is 0.455. The van der Waals surface area contributed by atoms with Gasteiger partial charge in [0.25, 0.3) is 0 Å². The summed E-state index contributed by atoms with van der Waals surface area (Å²) >= 11 is 6.28. The van der Waals surface area contributed by atoms with Crippen LogP contribution in [0.2, 0.25) is 5.02 Å². The van der Waals surface area contributed by atoms with Crippen molar-refractivity contribution in [2.24, 2.45) is 4.99 Å². The summed E-state index contributed by atoms with van der Waals surface area (Å²) in [5, 5.41) is 14.0. The lowest BCUT2D eigenvalue weighted by atomic mass is 9.81. The van der Waals surface area contributed by atoms with E-state index in [4.69, 9.17) is 11.6 Å². The lowest BCUT2D eigenvalue weighted by Gasteiger charge is -2.26. The first-order valence-corrected chi connectivity index (χ1v) is 10.9. The van der Waals surface area contributed by atoms with Crippen molar-refractivity contribution in [3.05, 3.63) is 51.8 Å². The Kier molecular flexibility index (Phi) is 6.23. The van der Waals surface area contributed by atoms with Crippen molar-refractivity contribution < 1.29 is 0 Å². The molecule has 0 unspecified atom stereocenters. The molecule has 1 saturated carbocycles. The molecule has 4 rings (SSSR count). The number of aromatic amines is 1. The van der Waals surface area contributed by atoms with E-state index < -0.39 is 0 Å². The first-order chi connectivity index (χ1) is 14.9. The lowest BCUT2D eigenvalue weighted by Crippen LogP contribution is -2.14. The normalized spacial score (nSPS) is 16.3. The maximum Gasteiger partial charge on any atom is 0.229 e. The molecule has 31 heavy (non-hydrogen) atoms. The molecule has 7 nitrogen and oxygen atoms in total. The van der Waals surface area contributed by atoms with Gasteiger partial charge in [-0.25, -0.2) is 4.98 Å². The van der Waals surface area contributed by atoms with Crippen molar-refractivity contribution >= 4 is 40.6 Å². The third-order valence-electron chi connectivity index (χ3n) is 5.87. The molecule has 0 radical (unpaired) electrons. The number of hydrogen-bond donors (Lipinski definition) is 3. The molecule has 1 aliphatic carbocycles. The Morgan fingerprint density at radius 2 is 1.84 bits per heavy atom. The number of halogens is 1. The average molecular weight is 438 g/mol. The molecule has 1 aliphatic rings. The van der Waals surface area contributed by atoms with Gasteiger partial charge in [0.05, 0.1) is 6.20 Å². The number of aliphatic imine (C=N–C) groups is 1. The number of rotatable bonds is 5. The van der Waals surface area contributed by atoms with E-state index in [1.807, 2.05) is 20.0 Å². The van der Waals surface area contributed by atoms with Crippen molar-refractivity contribution in [3.8, 4) is 0 Å². The number of hydrogen-bond acceptors (Lipinski definition) is 6. The summed E-state index contributed by atoms with van der Waals surface area (Å²) in [6.45, 7) is 6.23. The number of H-pyrrole nitrogens is 1. The molecule has 162 valence electrons. The summed E-state index contributed by atoms with van der Waals surface area (Å²) in [5.74, 6) is 2.24. The van der Waals surface area contributed by atoms with Gasteiger partial charge < -0.3 is 10.6 Å². The van der Waals surface area contributed by atoms with Gasteiger partial charge in [-0.1, -0.05) is 17.7 Å². The van der Waals surface area contributed by atoms with E-state index in [1.165, 1.54) is 35.2 Å². The highest BCUT2D eigenvalue weighted by Gasteiger charge is 2.21. The first-order valence-electron chi connectivity index (χ1n) is 10.6. The Morgan fingerprint density at radius 3 is 2.52 bits per heavy atom. The van der Waals surface area contributed by atoms with Crippen LogP contribution in [0.4, 0.5) is 23.3 Å². The van der Waals surface area contributed by atoms with Crippen LogP contribution in [0.1, 0.15) is 54.0 Å². The van der Waals surface area contributed by atoms with Crippen LogP contribution < -0.4 is 10.6 Å². The lowest BCUT2D eigenvalue weighted by molar-refractivity contribution is 0.563. The average Bonchev–Trinajstić information content (AvgIpc) is 3.17. The molecular weight excluding hydrogens is 410 g/mol. The fraction of sp³-hybridized carbons (Fsp3) is 0.391. The summed E-state index contributed by atoms with van der Waals surface area (Å²) in [4.78, 5) is 13.3. The predicted octanol–water partition coefficient (Wildman–Crippen LogP) is 5.99. The second-order valence-electron chi connectivity index (χ2n) is 8.16. The van der Waals surface area contributed by atoms with E-state index in [0.29, 0.717) is 28.5 Å². The van der Waals surface area contributed by atoms with Gasteiger partial charge in [0.1, 0.15) is 5.02 Å². The number of aromatic nitrogens is 4. The van der Waals surface area contributed by atoms with Crippen LogP contribution in [0, 0.1) is 20.8 Å². The van der Waals surface area contributed by atoms with Crippen molar-refractivity contribution in [1.29, 1.82) is 0 Å². The number of nitrogens with zero attached hydrogens (tertiary/aromatic N) is 4. The van der Waals surface area contributed by atoms with Crippen molar-refractivity contribution in [2.45, 2.75) is 52.4 Å². The topological polar surface area (TPSA) is 90.9 Å². The summed E-state index contributed by atoms with van der Waals surface area (Å²) in [6.07, 6.45) is 6.13. The van der Waals surface area contributed by atoms with Gasteiger partial charge in [-0.3, -0.25) is 10.1 Å². The molecule has 0 bridgehead atoms. The van der Waals surface area contributed by atoms with Crippen LogP contribution in [0.15, 0.2) is 29.4 Å². The van der Waals surface area contributed by atoms with E-state index in [0.717, 1.165) is 24.2 Å². The second-order valence-corrected chi connectivity index (χ2v) is 8.57. The Bertz CT molecular complexity index is 1110. The summed E-state index contributed by atoms with van der Waals surface area (Å²) < 4.78 is 0. The zero-order valence-electron chi connectivity index (χ0n) is 18.4. The minimum atomic E-state index is 0.432.